The van der Waals surface area contributed by atoms with E-state index in [-0.39, 0.29) is 17.7 Å². The van der Waals surface area contributed by atoms with Gasteiger partial charge in [0.15, 0.2) is 5.78 Å². The van der Waals surface area contributed by atoms with Crippen molar-refractivity contribution in [3.63, 3.8) is 0 Å². The predicted octanol–water partition coefficient (Wildman–Crippen LogP) is 2.30. The van der Waals surface area contributed by atoms with E-state index in [0.29, 0.717) is 18.8 Å². The lowest BCUT2D eigenvalue weighted by Gasteiger charge is -2.33. The van der Waals surface area contributed by atoms with Gasteiger partial charge >= 0.3 is 0 Å². The first kappa shape index (κ1) is 15.2. The second-order valence-electron chi connectivity index (χ2n) is 5.48. The van der Waals surface area contributed by atoms with Gasteiger partial charge in [0.1, 0.15) is 0 Å². The molecule has 1 aromatic rings. The van der Waals surface area contributed by atoms with Gasteiger partial charge in [0.05, 0.1) is 4.88 Å². The molecule has 0 bridgehead atoms. The van der Waals surface area contributed by atoms with Gasteiger partial charge < -0.3 is 10.6 Å². The summed E-state index contributed by atoms with van der Waals surface area (Å²) in [5, 5.41) is 1.88. The Labute approximate surface area is 124 Å². The topological polar surface area (TPSA) is 63.4 Å². The van der Waals surface area contributed by atoms with Gasteiger partial charge in [-0.15, -0.1) is 11.3 Å². The van der Waals surface area contributed by atoms with E-state index in [9.17, 15) is 9.59 Å². The molecule has 1 aliphatic heterocycles. The monoisotopic (exact) mass is 294 g/mol. The van der Waals surface area contributed by atoms with Gasteiger partial charge in [-0.2, -0.15) is 0 Å². The van der Waals surface area contributed by atoms with E-state index in [0.717, 1.165) is 30.8 Å². The molecule has 5 heteroatoms. The van der Waals surface area contributed by atoms with Crippen LogP contribution < -0.4 is 5.73 Å². The van der Waals surface area contributed by atoms with Crippen molar-refractivity contribution in [2.24, 2.45) is 11.7 Å². The quantitative estimate of drug-likeness (QED) is 0.848. The summed E-state index contributed by atoms with van der Waals surface area (Å²) in [5.74, 6) is 0.684. The number of nitrogens with zero attached hydrogens (tertiary/aromatic N) is 1. The minimum Gasteiger partial charge on any atom is -0.343 e. The zero-order chi connectivity index (χ0) is 14.5. The highest BCUT2D eigenvalue weighted by Gasteiger charge is 2.24. The Hall–Kier alpha value is -1.20. The number of carbonyl (C=O) groups excluding carboxylic acids is 2. The molecule has 0 saturated carbocycles. The highest BCUT2D eigenvalue weighted by atomic mass is 32.1. The molecule has 4 nitrogen and oxygen atoms in total. The normalized spacial score (nSPS) is 18.0. The Morgan fingerprint density at radius 2 is 2.10 bits per heavy atom. The van der Waals surface area contributed by atoms with Gasteiger partial charge in [-0.25, -0.2) is 0 Å². The number of likely N-dealkylation sites (tertiary alicyclic amines) is 1. The van der Waals surface area contributed by atoms with Crippen LogP contribution in [0.5, 0.6) is 0 Å². The Morgan fingerprint density at radius 1 is 1.40 bits per heavy atom. The van der Waals surface area contributed by atoms with Gasteiger partial charge in [0.25, 0.3) is 0 Å². The fourth-order valence-electron chi connectivity index (χ4n) is 2.61. The van der Waals surface area contributed by atoms with Gasteiger partial charge in [0, 0.05) is 32.0 Å². The summed E-state index contributed by atoms with van der Waals surface area (Å²) in [6.45, 7) is 3.58. The molecule has 2 heterocycles. The molecular formula is C15H22N2O2S. The Kier molecular flexibility index (Phi) is 5.31. The maximum Gasteiger partial charge on any atom is 0.223 e. The van der Waals surface area contributed by atoms with Crippen molar-refractivity contribution in [1.29, 1.82) is 0 Å². The molecule has 1 aliphatic rings. The van der Waals surface area contributed by atoms with Gasteiger partial charge in [-0.05, 0) is 37.1 Å². The van der Waals surface area contributed by atoms with E-state index in [2.05, 4.69) is 0 Å². The zero-order valence-corrected chi connectivity index (χ0v) is 12.7. The molecule has 20 heavy (non-hydrogen) atoms. The number of nitrogens with two attached hydrogens (primary N) is 1. The van der Waals surface area contributed by atoms with E-state index >= 15 is 0 Å². The second-order valence-corrected chi connectivity index (χ2v) is 6.43. The molecule has 0 aromatic carbocycles. The molecule has 1 fully saturated rings. The maximum absolute atomic E-state index is 12.1. The van der Waals surface area contributed by atoms with E-state index < -0.39 is 0 Å². The van der Waals surface area contributed by atoms with Gasteiger partial charge in [-0.3, -0.25) is 9.59 Å². The predicted molar refractivity (Wildman–Crippen MR) is 80.8 cm³/mol. The SMILES string of the molecule is CC(N)C1CCN(C(=O)CCC(=O)c2cccs2)CC1. The van der Waals surface area contributed by atoms with Crippen molar-refractivity contribution in [3.8, 4) is 0 Å². The third-order valence-electron chi connectivity index (χ3n) is 4.00. The molecule has 1 saturated heterocycles. The number of hydrogen-bond donors (Lipinski definition) is 1. The third-order valence-corrected chi connectivity index (χ3v) is 4.91. The number of hydrogen-bond acceptors (Lipinski definition) is 4. The first-order valence-corrected chi connectivity index (χ1v) is 8.06. The summed E-state index contributed by atoms with van der Waals surface area (Å²) in [6.07, 6.45) is 2.58. The molecule has 1 aromatic heterocycles. The molecular weight excluding hydrogens is 272 g/mol. The molecule has 0 aliphatic carbocycles. The number of rotatable bonds is 5. The highest BCUT2D eigenvalue weighted by Crippen LogP contribution is 2.20. The van der Waals surface area contributed by atoms with Crippen LogP contribution in [-0.2, 0) is 4.79 Å². The summed E-state index contributed by atoms with van der Waals surface area (Å²) in [7, 11) is 0. The number of thiophene rings is 1. The molecule has 1 atom stereocenters. The van der Waals surface area contributed by atoms with Crippen LogP contribution in [0.4, 0.5) is 0 Å². The number of piperidine rings is 1. The minimum atomic E-state index is 0.0683. The molecule has 2 N–H and O–H groups in total. The zero-order valence-electron chi connectivity index (χ0n) is 11.9. The summed E-state index contributed by atoms with van der Waals surface area (Å²) in [5.41, 5.74) is 5.89. The van der Waals surface area contributed by atoms with Crippen molar-refractivity contribution < 1.29 is 9.59 Å². The van der Waals surface area contributed by atoms with Gasteiger partial charge in [-0.1, -0.05) is 6.07 Å². The van der Waals surface area contributed by atoms with E-state index in [1.54, 1.807) is 0 Å². The number of carbonyl (C=O) groups is 2. The highest BCUT2D eigenvalue weighted by molar-refractivity contribution is 7.12. The molecule has 1 unspecified atom stereocenters. The van der Waals surface area contributed by atoms with Crippen molar-refractivity contribution >= 4 is 23.0 Å². The van der Waals surface area contributed by atoms with Gasteiger partial charge in [0.2, 0.25) is 5.91 Å². The Balaban J connectivity index is 1.75. The Morgan fingerprint density at radius 3 is 2.65 bits per heavy atom. The van der Waals surface area contributed by atoms with Crippen molar-refractivity contribution in [2.45, 2.75) is 38.6 Å². The summed E-state index contributed by atoms with van der Waals surface area (Å²) >= 11 is 1.43. The summed E-state index contributed by atoms with van der Waals surface area (Å²) in [6, 6.07) is 3.87. The van der Waals surface area contributed by atoms with Crippen LogP contribution in [0.15, 0.2) is 17.5 Å². The average molecular weight is 294 g/mol. The largest absolute Gasteiger partial charge is 0.343 e. The standard InChI is InChI=1S/C15H22N2O2S/c1-11(16)12-6-8-17(9-7-12)15(19)5-4-13(18)14-3-2-10-20-14/h2-3,10-12H,4-9,16H2,1H3. The molecule has 0 radical (unpaired) electrons. The first-order valence-electron chi connectivity index (χ1n) is 7.18. The fourth-order valence-corrected chi connectivity index (χ4v) is 3.31. The number of Topliss-reactive ketones (excluding diaryl/α,β-unsaturated/α-hetero) is 1. The van der Waals surface area contributed by atoms with Crippen molar-refractivity contribution in [3.05, 3.63) is 22.4 Å². The summed E-state index contributed by atoms with van der Waals surface area (Å²) in [4.78, 5) is 26.6. The smallest absolute Gasteiger partial charge is 0.223 e. The lowest BCUT2D eigenvalue weighted by Crippen LogP contribution is -2.42. The average Bonchev–Trinajstić information content (AvgIpc) is 2.98. The van der Waals surface area contributed by atoms with Crippen LogP contribution in [0.25, 0.3) is 0 Å². The second kappa shape index (κ2) is 6.99. The molecule has 110 valence electrons. The third kappa shape index (κ3) is 3.90. The molecule has 2 rings (SSSR count). The van der Waals surface area contributed by atoms with Crippen LogP contribution in [0, 0.1) is 5.92 Å². The molecule has 0 spiro atoms. The van der Waals surface area contributed by atoms with E-state index in [1.807, 2.05) is 29.3 Å². The fraction of sp³-hybridized carbons (Fsp3) is 0.600. The summed E-state index contributed by atoms with van der Waals surface area (Å²) < 4.78 is 0. The minimum absolute atomic E-state index is 0.0683. The lowest BCUT2D eigenvalue weighted by atomic mass is 9.91. The van der Waals surface area contributed by atoms with Crippen LogP contribution in [0.1, 0.15) is 42.3 Å². The van der Waals surface area contributed by atoms with Crippen LogP contribution >= 0.6 is 11.3 Å². The number of amides is 1. The lowest BCUT2D eigenvalue weighted by molar-refractivity contribution is -0.132. The van der Waals surface area contributed by atoms with Crippen molar-refractivity contribution in [2.75, 3.05) is 13.1 Å². The van der Waals surface area contributed by atoms with Crippen LogP contribution in [0.3, 0.4) is 0 Å². The van der Waals surface area contributed by atoms with E-state index in [4.69, 9.17) is 5.73 Å². The van der Waals surface area contributed by atoms with Crippen molar-refractivity contribution in [1.82, 2.24) is 4.90 Å². The number of ketones is 1. The Bertz CT molecular complexity index is 448. The van der Waals surface area contributed by atoms with Crippen LogP contribution in [-0.4, -0.2) is 35.7 Å². The maximum atomic E-state index is 12.1. The first-order chi connectivity index (χ1) is 9.58. The molecule has 1 amide bonds. The van der Waals surface area contributed by atoms with E-state index in [1.165, 1.54) is 11.3 Å². The van der Waals surface area contributed by atoms with Crippen LogP contribution in [0.2, 0.25) is 0 Å².